The average molecular weight is 306 g/mol. The van der Waals surface area contributed by atoms with Crippen LogP contribution in [0.5, 0.6) is 0 Å². The summed E-state index contributed by atoms with van der Waals surface area (Å²) >= 11 is 6.00. The largest absolute Gasteiger partial charge is 0.481 e. The first-order valence-corrected chi connectivity index (χ1v) is 7.84. The lowest BCUT2D eigenvalue weighted by molar-refractivity contribution is -0.137. The third-order valence-electron chi connectivity index (χ3n) is 2.57. The zero-order chi connectivity index (χ0) is 14.5. The highest BCUT2D eigenvalue weighted by molar-refractivity contribution is 7.92. The number of sulfonamides is 1. The fourth-order valence-corrected chi connectivity index (χ4v) is 3.06. The van der Waals surface area contributed by atoms with Gasteiger partial charge < -0.3 is 5.11 Å². The fourth-order valence-electron chi connectivity index (χ4n) is 1.59. The highest BCUT2D eigenvalue weighted by Crippen LogP contribution is 2.27. The van der Waals surface area contributed by atoms with E-state index in [0.29, 0.717) is 10.7 Å². The summed E-state index contributed by atoms with van der Waals surface area (Å²) in [6.07, 6.45) is 0.153. The zero-order valence-electron chi connectivity index (χ0n) is 10.5. The molecule has 0 saturated carbocycles. The van der Waals surface area contributed by atoms with Gasteiger partial charge in [0, 0.05) is 13.0 Å². The van der Waals surface area contributed by atoms with Crippen molar-refractivity contribution in [1.29, 1.82) is 0 Å². The molecule has 0 aliphatic heterocycles. The quantitative estimate of drug-likeness (QED) is 0.839. The fraction of sp³-hybridized carbons (Fsp3) is 0.417. The van der Waals surface area contributed by atoms with Crippen molar-refractivity contribution in [2.24, 2.45) is 0 Å². The summed E-state index contributed by atoms with van der Waals surface area (Å²) in [7, 11) is -3.48. The number of halogens is 1. The average Bonchev–Trinajstić information content (AvgIpc) is 2.35. The van der Waals surface area contributed by atoms with E-state index < -0.39 is 16.0 Å². The zero-order valence-corrected chi connectivity index (χ0v) is 12.1. The molecular weight excluding hydrogens is 290 g/mol. The Bertz CT molecular complexity index is 544. The number of hydrogen-bond donors (Lipinski definition) is 1. The molecule has 0 bridgehead atoms. The molecule has 0 unspecified atom stereocenters. The summed E-state index contributed by atoms with van der Waals surface area (Å²) in [5.41, 5.74) is 0.386. The van der Waals surface area contributed by atoms with Gasteiger partial charge in [-0.05, 0) is 25.5 Å². The molecular formula is C12H16ClNO4S. The van der Waals surface area contributed by atoms with Crippen molar-refractivity contribution in [2.75, 3.05) is 16.6 Å². The van der Waals surface area contributed by atoms with Crippen molar-refractivity contribution in [1.82, 2.24) is 0 Å². The number of benzene rings is 1. The molecule has 0 aromatic heterocycles. The molecule has 0 amide bonds. The smallest absolute Gasteiger partial charge is 0.303 e. The van der Waals surface area contributed by atoms with Gasteiger partial charge in [-0.2, -0.15) is 0 Å². The van der Waals surface area contributed by atoms with Gasteiger partial charge in [-0.3, -0.25) is 9.10 Å². The molecule has 0 heterocycles. The number of carboxylic acids is 1. The van der Waals surface area contributed by atoms with E-state index in [1.54, 1.807) is 24.3 Å². The Hall–Kier alpha value is -1.27. The van der Waals surface area contributed by atoms with E-state index in [0.717, 1.165) is 0 Å². The highest BCUT2D eigenvalue weighted by Gasteiger charge is 2.22. The van der Waals surface area contributed by atoms with Crippen LogP contribution in [0.3, 0.4) is 0 Å². The summed E-state index contributed by atoms with van der Waals surface area (Å²) in [5, 5.41) is 8.95. The number of rotatable bonds is 7. The molecule has 106 valence electrons. The molecule has 0 aliphatic rings. The molecule has 0 radical (unpaired) electrons. The Kier molecular flexibility index (Phi) is 5.62. The van der Waals surface area contributed by atoms with Crippen molar-refractivity contribution in [2.45, 2.75) is 19.8 Å². The van der Waals surface area contributed by atoms with E-state index in [2.05, 4.69) is 0 Å². The number of para-hydroxylation sites is 1. The minimum Gasteiger partial charge on any atom is -0.481 e. The van der Waals surface area contributed by atoms with E-state index >= 15 is 0 Å². The number of carbonyl (C=O) groups is 1. The van der Waals surface area contributed by atoms with Crippen LogP contribution in [0.15, 0.2) is 24.3 Å². The Labute approximate surface area is 117 Å². The van der Waals surface area contributed by atoms with E-state index in [9.17, 15) is 13.2 Å². The van der Waals surface area contributed by atoms with Gasteiger partial charge in [0.2, 0.25) is 10.0 Å². The van der Waals surface area contributed by atoms with Gasteiger partial charge in [-0.25, -0.2) is 8.42 Å². The first kappa shape index (κ1) is 15.8. The molecule has 5 nitrogen and oxygen atoms in total. The van der Waals surface area contributed by atoms with Crippen LogP contribution in [0, 0.1) is 0 Å². The second kappa shape index (κ2) is 6.77. The van der Waals surface area contributed by atoms with Gasteiger partial charge in [0.15, 0.2) is 0 Å². The molecule has 1 rings (SSSR count). The van der Waals surface area contributed by atoms with Crippen LogP contribution in [-0.2, 0) is 14.8 Å². The lowest BCUT2D eigenvalue weighted by Crippen LogP contribution is -2.33. The van der Waals surface area contributed by atoms with Crippen molar-refractivity contribution in [3.63, 3.8) is 0 Å². The Morgan fingerprint density at radius 2 is 2.00 bits per heavy atom. The maximum atomic E-state index is 12.0. The molecule has 0 spiro atoms. The topological polar surface area (TPSA) is 74.7 Å². The SMILES string of the molecule is CCS(=O)(=O)N(CCCC(=O)O)c1ccccc1Cl. The molecule has 0 fully saturated rings. The molecule has 0 atom stereocenters. The maximum absolute atomic E-state index is 12.0. The number of hydrogen-bond acceptors (Lipinski definition) is 3. The van der Waals surface area contributed by atoms with E-state index in [1.807, 2.05) is 0 Å². The second-order valence-electron chi connectivity index (χ2n) is 3.92. The van der Waals surface area contributed by atoms with Gasteiger partial charge in [0.1, 0.15) is 0 Å². The third-order valence-corrected chi connectivity index (χ3v) is 4.67. The van der Waals surface area contributed by atoms with E-state index in [-0.39, 0.29) is 25.1 Å². The van der Waals surface area contributed by atoms with Crippen LogP contribution in [0.2, 0.25) is 5.02 Å². The van der Waals surface area contributed by atoms with Crippen LogP contribution in [0.1, 0.15) is 19.8 Å². The summed E-state index contributed by atoms with van der Waals surface area (Å²) in [6, 6.07) is 6.61. The standard InChI is InChI=1S/C12H16ClNO4S/c1-2-19(17,18)14(9-5-8-12(15)16)11-7-4-3-6-10(11)13/h3-4,6-7H,2,5,8-9H2,1H3,(H,15,16). The normalized spacial score (nSPS) is 11.3. The number of anilines is 1. The maximum Gasteiger partial charge on any atom is 0.303 e. The number of nitrogens with zero attached hydrogens (tertiary/aromatic N) is 1. The first-order chi connectivity index (χ1) is 8.88. The highest BCUT2D eigenvalue weighted by atomic mass is 35.5. The number of carboxylic acid groups (broad SMARTS) is 1. The van der Waals surface area contributed by atoms with Gasteiger partial charge >= 0.3 is 5.97 Å². The van der Waals surface area contributed by atoms with Gasteiger partial charge in [-0.1, -0.05) is 23.7 Å². The summed E-state index contributed by atoms with van der Waals surface area (Å²) in [6.45, 7) is 1.64. The summed E-state index contributed by atoms with van der Waals surface area (Å²) in [4.78, 5) is 10.5. The summed E-state index contributed by atoms with van der Waals surface area (Å²) in [5.74, 6) is -1.02. The minimum absolute atomic E-state index is 0.0642. The van der Waals surface area contributed by atoms with Crippen LogP contribution in [-0.4, -0.2) is 31.8 Å². The minimum atomic E-state index is -3.48. The molecule has 1 aromatic carbocycles. The first-order valence-electron chi connectivity index (χ1n) is 5.85. The monoisotopic (exact) mass is 305 g/mol. The molecule has 1 N–H and O–H groups in total. The number of aliphatic carboxylic acids is 1. The van der Waals surface area contributed by atoms with Crippen molar-refractivity contribution < 1.29 is 18.3 Å². The van der Waals surface area contributed by atoms with Gasteiger partial charge in [0.05, 0.1) is 16.5 Å². The van der Waals surface area contributed by atoms with Crippen LogP contribution in [0.25, 0.3) is 0 Å². The Balaban J connectivity index is 3.00. The third kappa shape index (κ3) is 4.40. The van der Waals surface area contributed by atoms with E-state index in [1.165, 1.54) is 11.2 Å². The Morgan fingerprint density at radius 3 is 2.53 bits per heavy atom. The van der Waals surface area contributed by atoms with Gasteiger partial charge in [0.25, 0.3) is 0 Å². The second-order valence-corrected chi connectivity index (χ2v) is 6.51. The van der Waals surface area contributed by atoms with Crippen LogP contribution >= 0.6 is 11.6 Å². The molecule has 1 aromatic rings. The lowest BCUT2D eigenvalue weighted by Gasteiger charge is -2.24. The van der Waals surface area contributed by atoms with Crippen molar-refractivity contribution in [3.8, 4) is 0 Å². The van der Waals surface area contributed by atoms with E-state index in [4.69, 9.17) is 16.7 Å². The lowest BCUT2D eigenvalue weighted by atomic mass is 10.3. The molecule has 0 saturated heterocycles. The van der Waals surface area contributed by atoms with Crippen LogP contribution in [0.4, 0.5) is 5.69 Å². The van der Waals surface area contributed by atoms with Gasteiger partial charge in [-0.15, -0.1) is 0 Å². The van der Waals surface area contributed by atoms with Crippen molar-refractivity contribution >= 4 is 33.3 Å². The molecule has 0 aliphatic carbocycles. The predicted molar refractivity (Wildman–Crippen MR) is 75.1 cm³/mol. The predicted octanol–water partition coefficient (Wildman–Crippen LogP) is 2.36. The molecule has 7 heteroatoms. The molecule has 19 heavy (non-hydrogen) atoms. The van der Waals surface area contributed by atoms with Crippen LogP contribution < -0.4 is 4.31 Å². The Morgan fingerprint density at radius 1 is 1.37 bits per heavy atom. The van der Waals surface area contributed by atoms with Crippen molar-refractivity contribution in [3.05, 3.63) is 29.3 Å². The summed E-state index contributed by atoms with van der Waals surface area (Å²) < 4.78 is 25.3.